The molecule has 1 saturated heterocycles. The van der Waals surface area contributed by atoms with Crippen molar-refractivity contribution in [2.45, 2.75) is 51.7 Å². The maximum Gasteiger partial charge on any atom is 0.227 e. The fraction of sp³-hybridized carbons (Fsp3) is 0.381. The molecule has 3 aromatic rings. The summed E-state index contributed by atoms with van der Waals surface area (Å²) in [4.78, 5) is 7.32. The number of oxazole rings is 1. The van der Waals surface area contributed by atoms with E-state index in [0.717, 1.165) is 27.7 Å². The molecule has 1 aliphatic rings. The smallest absolute Gasteiger partial charge is 0.227 e. The Labute approximate surface area is 157 Å². The van der Waals surface area contributed by atoms with E-state index in [9.17, 15) is 0 Å². The highest BCUT2D eigenvalue weighted by molar-refractivity contribution is 9.10. The van der Waals surface area contributed by atoms with Crippen LogP contribution in [0.5, 0.6) is 0 Å². The summed E-state index contributed by atoms with van der Waals surface area (Å²) in [5.41, 5.74) is 4.08. The van der Waals surface area contributed by atoms with E-state index in [2.05, 4.69) is 52.9 Å². The first-order valence-corrected chi connectivity index (χ1v) is 9.80. The van der Waals surface area contributed by atoms with Crippen molar-refractivity contribution in [3.63, 3.8) is 0 Å². The molecule has 0 spiro atoms. The molecule has 0 bridgehead atoms. The van der Waals surface area contributed by atoms with Crippen LogP contribution in [-0.2, 0) is 6.54 Å². The normalized spacial score (nSPS) is 21.7. The van der Waals surface area contributed by atoms with E-state index in [1.165, 1.54) is 24.8 Å². The molecule has 4 rings (SSSR count). The lowest BCUT2D eigenvalue weighted by Crippen LogP contribution is -2.42. The van der Waals surface area contributed by atoms with Crippen molar-refractivity contribution in [3.8, 4) is 11.5 Å². The highest BCUT2D eigenvalue weighted by atomic mass is 79.9. The zero-order valence-electron chi connectivity index (χ0n) is 14.7. The Bertz CT molecular complexity index is 878. The van der Waals surface area contributed by atoms with E-state index in [0.29, 0.717) is 18.0 Å². The molecular weight excluding hydrogens is 376 g/mol. The van der Waals surface area contributed by atoms with Crippen LogP contribution in [0, 0.1) is 0 Å². The number of hydrogen-bond acceptors (Lipinski definition) is 3. The summed E-state index contributed by atoms with van der Waals surface area (Å²) >= 11 is 3.51. The van der Waals surface area contributed by atoms with Crippen LogP contribution in [0.25, 0.3) is 22.6 Å². The van der Waals surface area contributed by atoms with E-state index >= 15 is 0 Å². The Hall–Kier alpha value is -1.65. The van der Waals surface area contributed by atoms with Crippen molar-refractivity contribution >= 4 is 27.0 Å². The van der Waals surface area contributed by atoms with E-state index in [1.54, 1.807) is 0 Å². The number of aromatic nitrogens is 1. The maximum atomic E-state index is 5.95. The predicted octanol–water partition coefficient (Wildman–Crippen LogP) is 6.02. The van der Waals surface area contributed by atoms with Crippen LogP contribution in [0.2, 0.25) is 0 Å². The third kappa shape index (κ3) is 3.51. The number of halogens is 1. The number of rotatable bonds is 3. The fourth-order valence-electron chi connectivity index (χ4n) is 3.81. The van der Waals surface area contributed by atoms with E-state index < -0.39 is 0 Å². The molecule has 0 radical (unpaired) electrons. The van der Waals surface area contributed by atoms with Crippen LogP contribution in [0.1, 0.15) is 38.7 Å². The van der Waals surface area contributed by atoms with Gasteiger partial charge in [-0.2, -0.15) is 0 Å². The van der Waals surface area contributed by atoms with Crippen molar-refractivity contribution in [2.24, 2.45) is 0 Å². The summed E-state index contributed by atoms with van der Waals surface area (Å²) in [5, 5.41) is 0. The minimum atomic E-state index is 0.647. The molecule has 1 aliphatic heterocycles. The van der Waals surface area contributed by atoms with Crippen LogP contribution < -0.4 is 0 Å². The van der Waals surface area contributed by atoms with Gasteiger partial charge < -0.3 is 4.42 Å². The number of piperidine rings is 1. The van der Waals surface area contributed by atoms with Crippen LogP contribution >= 0.6 is 15.9 Å². The standard InChI is InChI=1S/C21H23BrN2O/c1-14-5-3-6-15(2)24(14)13-16-9-10-20-19(11-16)23-21(25-20)17-7-4-8-18(22)12-17/h4,7-12,14-15H,3,5-6,13H2,1-2H3/t14-,15-/m1/s1. The van der Waals surface area contributed by atoms with Crippen molar-refractivity contribution < 1.29 is 4.42 Å². The molecule has 3 nitrogen and oxygen atoms in total. The number of benzene rings is 2. The van der Waals surface area contributed by atoms with Crippen molar-refractivity contribution in [1.82, 2.24) is 9.88 Å². The Kier molecular flexibility index (Phi) is 4.65. The molecule has 2 aromatic carbocycles. The molecule has 2 atom stereocenters. The van der Waals surface area contributed by atoms with Crippen molar-refractivity contribution in [2.75, 3.05) is 0 Å². The molecule has 2 heterocycles. The van der Waals surface area contributed by atoms with Gasteiger partial charge in [-0.3, -0.25) is 4.90 Å². The molecule has 1 aromatic heterocycles. The van der Waals surface area contributed by atoms with Crippen molar-refractivity contribution in [3.05, 3.63) is 52.5 Å². The molecule has 4 heteroatoms. The predicted molar refractivity (Wildman–Crippen MR) is 105 cm³/mol. The van der Waals surface area contributed by atoms with Gasteiger partial charge >= 0.3 is 0 Å². The molecular formula is C21H23BrN2O. The Balaban J connectivity index is 1.62. The molecule has 0 unspecified atom stereocenters. The zero-order valence-corrected chi connectivity index (χ0v) is 16.3. The maximum absolute atomic E-state index is 5.95. The highest BCUT2D eigenvalue weighted by Gasteiger charge is 2.24. The van der Waals surface area contributed by atoms with Gasteiger partial charge in [-0.15, -0.1) is 0 Å². The van der Waals surface area contributed by atoms with Gasteiger partial charge in [0.05, 0.1) is 0 Å². The first kappa shape index (κ1) is 16.8. The first-order valence-electron chi connectivity index (χ1n) is 9.01. The highest BCUT2D eigenvalue weighted by Crippen LogP contribution is 2.29. The van der Waals surface area contributed by atoms with Gasteiger partial charge in [0.1, 0.15) is 5.52 Å². The fourth-order valence-corrected chi connectivity index (χ4v) is 4.21. The van der Waals surface area contributed by atoms with Gasteiger partial charge in [-0.25, -0.2) is 4.98 Å². The Morgan fingerprint density at radius 2 is 1.92 bits per heavy atom. The minimum Gasteiger partial charge on any atom is -0.436 e. The average molecular weight is 399 g/mol. The van der Waals surface area contributed by atoms with Gasteiger partial charge in [0.2, 0.25) is 5.89 Å². The molecule has 130 valence electrons. The Morgan fingerprint density at radius 1 is 1.12 bits per heavy atom. The lowest BCUT2D eigenvalue weighted by Gasteiger charge is -2.39. The lowest BCUT2D eigenvalue weighted by molar-refractivity contribution is 0.0953. The van der Waals surface area contributed by atoms with E-state index in [4.69, 9.17) is 9.40 Å². The number of likely N-dealkylation sites (tertiary alicyclic amines) is 1. The summed E-state index contributed by atoms with van der Waals surface area (Å²) < 4.78 is 6.98. The van der Waals surface area contributed by atoms with Crippen molar-refractivity contribution in [1.29, 1.82) is 0 Å². The number of nitrogens with zero attached hydrogens (tertiary/aromatic N) is 2. The molecule has 1 fully saturated rings. The van der Waals surface area contributed by atoms with Gasteiger partial charge in [0.25, 0.3) is 0 Å². The minimum absolute atomic E-state index is 0.647. The quantitative estimate of drug-likeness (QED) is 0.539. The second-order valence-electron chi connectivity index (χ2n) is 7.13. The zero-order chi connectivity index (χ0) is 17.4. The molecule has 0 aliphatic carbocycles. The van der Waals surface area contributed by atoms with Gasteiger partial charge in [0.15, 0.2) is 5.58 Å². The lowest BCUT2D eigenvalue weighted by atomic mass is 9.97. The topological polar surface area (TPSA) is 29.3 Å². The summed E-state index contributed by atoms with van der Waals surface area (Å²) in [6.45, 7) is 5.67. The molecule has 0 amide bonds. The second-order valence-corrected chi connectivity index (χ2v) is 8.05. The summed E-state index contributed by atoms with van der Waals surface area (Å²) in [6, 6.07) is 15.8. The van der Waals surface area contributed by atoms with E-state index in [-0.39, 0.29) is 0 Å². The summed E-state index contributed by atoms with van der Waals surface area (Å²) in [7, 11) is 0. The van der Waals surface area contributed by atoms with Crippen LogP contribution in [-0.4, -0.2) is 22.0 Å². The van der Waals surface area contributed by atoms with Gasteiger partial charge in [-0.1, -0.05) is 34.5 Å². The molecule has 0 N–H and O–H groups in total. The average Bonchev–Trinajstić information content (AvgIpc) is 3.02. The monoisotopic (exact) mass is 398 g/mol. The summed E-state index contributed by atoms with van der Waals surface area (Å²) in [5.74, 6) is 0.674. The van der Waals surface area contributed by atoms with Gasteiger partial charge in [0, 0.05) is 28.7 Å². The van der Waals surface area contributed by atoms with Crippen LogP contribution in [0.4, 0.5) is 0 Å². The Morgan fingerprint density at radius 3 is 2.68 bits per heavy atom. The molecule has 25 heavy (non-hydrogen) atoms. The van der Waals surface area contributed by atoms with Crippen LogP contribution in [0.15, 0.2) is 51.4 Å². The van der Waals surface area contributed by atoms with Gasteiger partial charge in [-0.05, 0) is 62.6 Å². The first-order chi connectivity index (χ1) is 12.1. The second kappa shape index (κ2) is 6.93. The number of hydrogen-bond donors (Lipinski definition) is 0. The largest absolute Gasteiger partial charge is 0.436 e. The molecule has 0 saturated carbocycles. The summed E-state index contributed by atoms with van der Waals surface area (Å²) in [6.07, 6.45) is 3.93. The number of fused-ring (bicyclic) bond motifs is 1. The third-order valence-corrected chi connectivity index (χ3v) is 5.76. The SMILES string of the molecule is C[C@@H]1CCC[C@@H](C)N1Cc1ccc2oc(-c3cccc(Br)c3)nc2c1. The van der Waals surface area contributed by atoms with E-state index in [1.807, 2.05) is 24.3 Å². The third-order valence-electron chi connectivity index (χ3n) is 5.26. The van der Waals surface area contributed by atoms with Crippen LogP contribution in [0.3, 0.4) is 0 Å².